The molecule has 1 aromatic heterocycles. The number of hydrogen-bond acceptors (Lipinski definition) is 6. The molecule has 2 amide bonds. The van der Waals surface area contributed by atoms with Crippen molar-refractivity contribution in [2.24, 2.45) is 0 Å². The Morgan fingerprint density at radius 3 is 2.56 bits per heavy atom. The fourth-order valence-electron chi connectivity index (χ4n) is 4.78. The molecule has 186 valence electrons. The summed E-state index contributed by atoms with van der Waals surface area (Å²) in [5.41, 5.74) is 2.59. The standard InChI is InChI=1S/C26H37N5O2S.H2/c1-19(18-34-3)30(2)23-14-15-31(17-23)22-11-8-20(9-12-22)28-26(32)29-21-10-13-25(27-16-21)33-24-6-4-5-7-24;/h8-13,16,19,23-24H,4-7,14-15,17-18H2,1-3H3,(H2,28,29,32);1H. The molecule has 1 aromatic carbocycles. The number of thioether (sulfide) groups is 1. The molecule has 1 saturated heterocycles. The molecule has 0 bridgehead atoms. The molecule has 8 heteroatoms. The van der Waals surface area contributed by atoms with E-state index in [-0.39, 0.29) is 13.6 Å². The van der Waals surface area contributed by atoms with E-state index in [2.05, 4.69) is 57.8 Å². The minimum atomic E-state index is -0.287. The van der Waals surface area contributed by atoms with Gasteiger partial charge in [-0.1, -0.05) is 0 Å². The smallest absolute Gasteiger partial charge is 0.323 e. The van der Waals surface area contributed by atoms with E-state index in [1.807, 2.05) is 36.0 Å². The van der Waals surface area contributed by atoms with Crippen molar-refractivity contribution in [3.05, 3.63) is 42.6 Å². The zero-order valence-corrected chi connectivity index (χ0v) is 21.3. The molecule has 2 atom stereocenters. The highest BCUT2D eigenvalue weighted by Gasteiger charge is 2.28. The second-order valence-corrected chi connectivity index (χ2v) is 10.3. The van der Waals surface area contributed by atoms with Crippen LogP contribution in [0.3, 0.4) is 0 Å². The lowest BCUT2D eigenvalue weighted by Crippen LogP contribution is -2.41. The Morgan fingerprint density at radius 2 is 1.88 bits per heavy atom. The molecule has 7 nitrogen and oxygen atoms in total. The summed E-state index contributed by atoms with van der Waals surface area (Å²) in [7, 11) is 2.24. The Hall–Kier alpha value is -2.45. The summed E-state index contributed by atoms with van der Waals surface area (Å²) in [6.07, 6.45) is 9.88. The Kier molecular flexibility index (Phi) is 8.56. The van der Waals surface area contributed by atoms with Crippen molar-refractivity contribution in [1.82, 2.24) is 9.88 Å². The van der Waals surface area contributed by atoms with Crippen LogP contribution in [0.2, 0.25) is 0 Å². The van der Waals surface area contributed by atoms with E-state index in [0.29, 0.717) is 23.7 Å². The third-order valence-electron chi connectivity index (χ3n) is 6.92. The number of rotatable bonds is 9. The molecule has 2 N–H and O–H groups in total. The van der Waals surface area contributed by atoms with Gasteiger partial charge in [-0.3, -0.25) is 4.90 Å². The number of amides is 2. The predicted molar refractivity (Wildman–Crippen MR) is 145 cm³/mol. The average Bonchev–Trinajstić information content (AvgIpc) is 3.53. The average molecular weight is 486 g/mol. The van der Waals surface area contributed by atoms with E-state index in [1.54, 1.807) is 6.20 Å². The van der Waals surface area contributed by atoms with Gasteiger partial charge in [-0.2, -0.15) is 11.8 Å². The van der Waals surface area contributed by atoms with Gasteiger partial charge in [-0.05, 0) is 82.7 Å². The van der Waals surface area contributed by atoms with Crippen molar-refractivity contribution in [3.8, 4) is 5.88 Å². The minimum Gasteiger partial charge on any atom is -0.474 e. The number of carbonyl (C=O) groups excluding carboxylic acids is 1. The molecule has 2 unspecified atom stereocenters. The van der Waals surface area contributed by atoms with Gasteiger partial charge in [0.2, 0.25) is 5.88 Å². The molecular formula is C26H39N5O2S. The van der Waals surface area contributed by atoms with Crippen molar-refractivity contribution in [1.29, 1.82) is 0 Å². The summed E-state index contributed by atoms with van der Waals surface area (Å²) in [6, 6.07) is 12.6. The molecule has 2 heterocycles. The maximum absolute atomic E-state index is 12.4. The normalized spacial score (nSPS) is 19.4. The Balaban J connectivity index is 0.00000342. The van der Waals surface area contributed by atoms with Crippen LogP contribution < -0.4 is 20.3 Å². The summed E-state index contributed by atoms with van der Waals surface area (Å²) in [5.74, 6) is 1.77. The molecule has 2 aromatic rings. The molecule has 2 aliphatic rings. The van der Waals surface area contributed by atoms with Gasteiger partial charge < -0.3 is 20.3 Å². The molecule has 0 radical (unpaired) electrons. The lowest BCUT2D eigenvalue weighted by atomic mass is 10.2. The first-order chi connectivity index (χ1) is 16.5. The topological polar surface area (TPSA) is 69.7 Å². The molecule has 1 saturated carbocycles. The first-order valence-electron chi connectivity index (χ1n) is 12.3. The lowest BCUT2D eigenvalue weighted by molar-refractivity contribution is 0.201. The van der Waals surface area contributed by atoms with Gasteiger partial charge >= 0.3 is 6.03 Å². The van der Waals surface area contributed by atoms with Crippen LogP contribution in [0, 0.1) is 0 Å². The highest BCUT2D eigenvalue weighted by molar-refractivity contribution is 7.98. The number of nitrogens with zero attached hydrogens (tertiary/aromatic N) is 3. The molecule has 2 fully saturated rings. The molecule has 1 aliphatic heterocycles. The van der Waals surface area contributed by atoms with Gasteiger partial charge in [0.05, 0.1) is 11.9 Å². The van der Waals surface area contributed by atoms with Crippen LogP contribution in [-0.2, 0) is 0 Å². The van der Waals surface area contributed by atoms with Crippen molar-refractivity contribution < 1.29 is 11.0 Å². The van der Waals surface area contributed by atoms with E-state index in [4.69, 9.17) is 4.74 Å². The van der Waals surface area contributed by atoms with Crippen LogP contribution in [-0.4, -0.2) is 66.2 Å². The molecule has 1 aliphatic carbocycles. The summed E-state index contributed by atoms with van der Waals surface area (Å²) in [4.78, 5) is 21.7. The summed E-state index contributed by atoms with van der Waals surface area (Å²) in [6.45, 7) is 4.40. The Bertz CT molecular complexity index is 924. The fraction of sp³-hybridized carbons (Fsp3) is 0.538. The van der Waals surface area contributed by atoms with Gasteiger partial charge in [0.1, 0.15) is 6.10 Å². The van der Waals surface area contributed by atoms with E-state index >= 15 is 0 Å². The van der Waals surface area contributed by atoms with Crippen LogP contribution >= 0.6 is 11.8 Å². The number of ether oxygens (including phenoxy) is 1. The van der Waals surface area contributed by atoms with Crippen molar-refractivity contribution in [2.45, 2.75) is 57.2 Å². The van der Waals surface area contributed by atoms with Gasteiger partial charge in [0.15, 0.2) is 0 Å². The van der Waals surface area contributed by atoms with E-state index in [1.165, 1.54) is 24.9 Å². The minimum absolute atomic E-state index is 0. The zero-order chi connectivity index (χ0) is 23.9. The van der Waals surface area contributed by atoms with Gasteiger partial charge in [-0.25, -0.2) is 9.78 Å². The van der Waals surface area contributed by atoms with Gasteiger partial charge in [0.25, 0.3) is 0 Å². The van der Waals surface area contributed by atoms with Gasteiger partial charge in [0, 0.05) is 49.8 Å². The summed E-state index contributed by atoms with van der Waals surface area (Å²) < 4.78 is 5.88. The number of pyridine rings is 1. The van der Waals surface area contributed by atoms with Crippen LogP contribution in [0.4, 0.5) is 21.9 Å². The number of benzene rings is 1. The maximum Gasteiger partial charge on any atom is 0.323 e. The van der Waals surface area contributed by atoms with E-state index in [0.717, 1.165) is 37.4 Å². The van der Waals surface area contributed by atoms with Crippen LogP contribution in [0.25, 0.3) is 0 Å². The number of nitrogens with one attached hydrogen (secondary N) is 2. The first kappa shape index (κ1) is 24.7. The maximum atomic E-state index is 12.4. The number of aromatic nitrogens is 1. The van der Waals surface area contributed by atoms with Crippen molar-refractivity contribution in [3.63, 3.8) is 0 Å². The van der Waals surface area contributed by atoms with Crippen molar-refractivity contribution >= 4 is 34.9 Å². The SMILES string of the molecule is CSCC(C)N(C)C1CCN(c2ccc(NC(=O)Nc3ccc(OC4CCCC4)nc3)cc2)C1.[HH]. The number of urea groups is 1. The Morgan fingerprint density at radius 1 is 1.18 bits per heavy atom. The lowest BCUT2D eigenvalue weighted by Gasteiger charge is -2.30. The number of anilines is 3. The second-order valence-electron chi connectivity index (χ2n) is 9.39. The third-order valence-corrected chi connectivity index (χ3v) is 7.73. The highest BCUT2D eigenvalue weighted by Crippen LogP contribution is 2.26. The second kappa shape index (κ2) is 11.8. The summed E-state index contributed by atoms with van der Waals surface area (Å²) in [5, 5.41) is 5.73. The quantitative estimate of drug-likeness (QED) is 0.485. The number of hydrogen-bond donors (Lipinski definition) is 2. The van der Waals surface area contributed by atoms with Crippen LogP contribution in [0.15, 0.2) is 42.6 Å². The van der Waals surface area contributed by atoms with E-state index in [9.17, 15) is 4.79 Å². The molecular weight excluding hydrogens is 446 g/mol. The highest BCUT2D eigenvalue weighted by atomic mass is 32.2. The number of likely N-dealkylation sites (N-methyl/N-ethyl adjacent to an activating group) is 1. The van der Waals surface area contributed by atoms with Gasteiger partial charge in [-0.15, -0.1) is 0 Å². The Labute approximate surface area is 209 Å². The van der Waals surface area contributed by atoms with E-state index < -0.39 is 0 Å². The van der Waals surface area contributed by atoms with Crippen molar-refractivity contribution in [2.75, 3.05) is 47.7 Å². The summed E-state index contributed by atoms with van der Waals surface area (Å²) >= 11 is 1.90. The molecule has 34 heavy (non-hydrogen) atoms. The van der Waals surface area contributed by atoms with Crippen LogP contribution in [0.5, 0.6) is 5.88 Å². The zero-order valence-electron chi connectivity index (χ0n) is 20.5. The third kappa shape index (κ3) is 6.57. The number of carbonyl (C=O) groups is 1. The monoisotopic (exact) mass is 485 g/mol. The first-order valence-corrected chi connectivity index (χ1v) is 13.7. The largest absolute Gasteiger partial charge is 0.474 e. The fourth-order valence-corrected chi connectivity index (χ4v) is 5.49. The molecule has 0 spiro atoms. The predicted octanol–water partition coefficient (Wildman–Crippen LogP) is 5.56. The van der Waals surface area contributed by atoms with Crippen LogP contribution in [0.1, 0.15) is 40.5 Å². The molecule has 4 rings (SSSR count).